The third-order valence-corrected chi connectivity index (χ3v) is 12.5. The summed E-state index contributed by atoms with van der Waals surface area (Å²) in [5, 5.41) is 17.6. The van der Waals surface area contributed by atoms with Crippen molar-refractivity contribution in [2.45, 2.75) is 119 Å². The molecule has 410 valence electrons. The minimum absolute atomic E-state index is 0.0140. The summed E-state index contributed by atoms with van der Waals surface area (Å²) in [6.07, 6.45) is 23.1. The van der Waals surface area contributed by atoms with Crippen molar-refractivity contribution in [1.29, 1.82) is 0 Å². The average molecular weight is 1040 g/mol. The second-order valence-corrected chi connectivity index (χ2v) is 19.0. The van der Waals surface area contributed by atoms with Crippen molar-refractivity contribution in [3.63, 3.8) is 0 Å². The molecule has 0 amide bonds. The number of aliphatic hydroxyl groups is 2. The molecule has 0 radical (unpaired) electrons. The van der Waals surface area contributed by atoms with Crippen molar-refractivity contribution in [3.05, 3.63) is 105 Å². The summed E-state index contributed by atoms with van der Waals surface area (Å²) in [7, 11) is 0. The molecular weight excluding hydrogens is 953 g/mol. The number of hydrogen-bond acceptors (Lipinski definition) is 16. The smallest absolute Gasteiger partial charge is 0.339 e. The largest absolute Gasteiger partial charge is 0.463 e. The maximum Gasteiger partial charge on any atom is 0.339 e. The number of carbonyl (C=O) groups excluding carboxylic acids is 6. The third-order valence-electron chi connectivity index (χ3n) is 12.5. The highest BCUT2D eigenvalue weighted by Crippen LogP contribution is 2.38. The van der Waals surface area contributed by atoms with E-state index >= 15 is 0 Å². The normalized spacial score (nSPS) is 18.4. The van der Waals surface area contributed by atoms with Crippen LogP contribution in [-0.4, -0.2) is 125 Å². The highest BCUT2D eigenvalue weighted by atomic mass is 16.6. The predicted octanol–water partition coefficient (Wildman–Crippen LogP) is 9.04. The van der Waals surface area contributed by atoms with Crippen molar-refractivity contribution in [1.82, 2.24) is 0 Å². The molecule has 16 heteroatoms. The van der Waals surface area contributed by atoms with Gasteiger partial charge in [0.15, 0.2) is 0 Å². The molecule has 0 aromatic heterocycles. The van der Waals surface area contributed by atoms with Gasteiger partial charge in [0.2, 0.25) is 0 Å². The average Bonchev–Trinajstić information content (AvgIpc) is 3.66. The Bertz CT molecular complexity index is 2140. The van der Waals surface area contributed by atoms with Gasteiger partial charge in [-0.25, -0.2) is 9.59 Å². The maximum absolute atomic E-state index is 13.3. The van der Waals surface area contributed by atoms with Gasteiger partial charge in [0, 0.05) is 0 Å². The van der Waals surface area contributed by atoms with E-state index in [9.17, 15) is 28.8 Å². The Kier molecular flexibility index (Phi) is 30.9. The molecule has 16 nitrogen and oxygen atoms in total. The Hall–Kier alpha value is -5.52. The van der Waals surface area contributed by atoms with Crippen LogP contribution in [0.5, 0.6) is 0 Å². The zero-order chi connectivity index (χ0) is 54.1. The molecule has 4 atom stereocenters. The predicted molar refractivity (Wildman–Crippen MR) is 279 cm³/mol. The molecule has 0 spiro atoms. The molecule has 4 unspecified atom stereocenters. The van der Waals surface area contributed by atoms with Gasteiger partial charge in [0.1, 0.15) is 26.4 Å². The lowest BCUT2D eigenvalue weighted by atomic mass is 9.78. The van der Waals surface area contributed by atoms with Gasteiger partial charge in [0.05, 0.1) is 87.7 Å². The minimum Gasteiger partial charge on any atom is -0.463 e. The Morgan fingerprint density at radius 2 is 0.959 bits per heavy atom. The molecule has 0 bridgehead atoms. The molecule has 2 N–H and O–H groups in total. The Morgan fingerprint density at radius 3 is 1.45 bits per heavy atom. The molecule has 74 heavy (non-hydrogen) atoms. The fourth-order valence-electron chi connectivity index (χ4n) is 8.43. The number of fused-ring (bicyclic) bond motifs is 1. The molecule has 2 aliphatic carbocycles. The van der Waals surface area contributed by atoms with E-state index in [2.05, 4.69) is 71.9 Å². The number of benzene rings is 1. The summed E-state index contributed by atoms with van der Waals surface area (Å²) < 4.78 is 41.8. The molecular formula is C58H82O16. The lowest BCUT2D eigenvalue weighted by Crippen LogP contribution is -2.35. The summed E-state index contributed by atoms with van der Waals surface area (Å²) in [6, 6.07) is 6.09. The standard InChI is InChI=1S/C39H56O13.C19H26O3/c1-29(2)8-6-9-30(3)10-7-11-31-14-15-34(38(44)51-25-21-47-19-17-41)35(28-31)39(45)52-27-23-48-22-26-50-37(43)33-13-5-4-12-32(33)36(42)49-24-20-46-18-16-40;1-13(2)6-4-7-14(3)8-5-9-15-10-11-16-17(12-15)19(21)22-18(16)20/h4-5,8,10,12-14,34-35,40-41H,6-7,9,11,15-28H2,1-3H3;6,8,10,16-17H,4-5,7,9,11-12H2,1-3H3/b30-10+;14-8+. The van der Waals surface area contributed by atoms with Crippen molar-refractivity contribution in [3.8, 4) is 0 Å². The Balaban J connectivity index is 0.000000542. The number of ether oxygens (including phenoxy) is 8. The lowest BCUT2D eigenvalue weighted by molar-refractivity contribution is -0.162. The van der Waals surface area contributed by atoms with E-state index < -0.39 is 35.7 Å². The summed E-state index contributed by atoms with van der Waals surface area (Å²) in [6.45, 7) is 12.8. The lowest BCUT2D eigenvalue weighted by Gasteiger charge is -2.28. The Labute approximate surface area is 438 Å². The van der Waals surface area contributed by atoms with Crippen LogP contribution in [0.15, 0.2) is 94.2 Å². The second-order valence-electron chi connectivity index (χ2n) is 19.0. The van der Waals surface area contributed by atoms with Crippen LogP contribution in [0.4, 0.5) is 0 Å². The highest BCUT2D eigenvalue weighted by molar-refractivity contribution is 6.03. The van der Waals surface area contributed by atoms with Gasteiger partial charge in [-0.15, -0.1) is 0 Å². The molecule has 1 aromatic carbocycles. The van der Waals surface area contributed by atoms with Gasteiger partial charge in [-0.05, 0) is 131 Å². The minimum atomic E-state index is -0.729. The van der Waals surface area contributed by atoms with Crippen LogP contribution in [-0.2, 0) is 57.1 Å². The number of cyclic esters (lactones) is 2. The van der Waals surface area contributed by atoms with Crippen LogP contribution < -0.4 is 0 Å². The van der Waals surface area contributed by atoms with Crippen LogP contribution in [0.3, 0.4) is 0 Å². The summed E-state index contributed by atoms with van der Waals surface area (Å²) in [4.78, 5) is 74.4. The van der Waals surface area contributed by atoms with E-state index in [1.807, 2.05) is 6.08 Å². The molecule has 3 aliphatic rings. The van der Waals surface area contributed by atoms with Gasteiger partial charge < -0.3 is 48.1 Å². The van der Waals surface area contributed by atoms with Gasteiger partial charge in [-0.1, -0.05) is 82.0 Å². The number of hydrogen-bond donors (Lipinski definition) is 2. The Morgan fingerprint density at radius 1 is 0.527 bits per heavy atom. The van der Waals surface area contributed by atoms with Crippen LogP contribution in [0.25, 0.3) is 0 Å². The highest BCUT2D eigenvalue weighted by Gasteiger charge is 2.45. The van der Waals surface area contributed by atoms with E-state index in [1.54, 1.807) is 12.1 Å². The van der Waals surface area contributed by atoms with E-state index in [0.29, 0.717) is 25.7 Å². The molecule has 1 aromatic rings. The number of carbonyl (C=O) groups is 6. The fraction of sp³-hybridized carbons (Fsp3) is 0.586. The number of allylic oxidation sites excluding steroid dienone is 12. The van der Waals surface area contributed by atoms with Crippen LogP contribution >= 0.6 is 0 Å². The first-order valence-corrected chi connectivity index (χ1v) is 26.1. The quantitative estimate of drug-likeness (QED) is 0.0226. The monoisotopic (exact) mass is 1030 g/mol. The number of esters is 6. The van der Waals surface area contributed by atoms with Crippen molar-refractivity contribution < 1.29 is 76.9 Å². The van der Waals surface area contributed by atoms with Crippen LogP contribution in [0.2, 0.25) is 0 Å². The molecule has 4 rings (SSSR count). The maximum atomic E-state index is 13.3. The first-order valence-electron chi connectivity index (χ1n) is 26.1. The number of rotatable bonds is 32. The summed E-state index contributed by atoms with van der Waals surface area (Å²) in [5.41, 5.74) is 7.86. The van der Waals surface area contributed by atoms with Crippen molar-refractivity contribution in [2.24, 2.45) is 23.7 Å². The fourth-order valence-corrected chi connectivity index (χ4v) is 8.43. The van der Waals surface area contributed by atoms with Crippen LogP contribution in [0, 0.1) is 23.7 Å². The second kappa shape index (κ2) is 36.4. The molecule has 1 saturated heterocycles. The van der Waals surface area contributed by atoms with Crippen LogP contribution in [0.1, 0.15) is 139 Å². The zero-order valence-electron chi connectivity index (χ0n) is 44.7. The van der Waals surface area contributed by atoms with E-state index in [-0.39, 0.29) is 114 Å². The topological polar surface area (TPSA) is 217 Å². The molecule has 0 saturated carbocycles. The molecule has 1 heterocycles. The summed E-state index contributed by atoms with van der Waals surface area (Å²) >= 11 is 0. The van der Waals surface area contributed by atoms with Gasteiger partial charge >= 0.3 is 35.8 Å². The van der Waals surface area contributed by atoms with Crippen molar-refractivity contribution >= 4 is 35.8 Å². The van der Waals surface area contributed by atoms with E-state index in [4.69, 9.17) is 48.1 Å². The first kappa shape index (κ1) is 62.8. The molecule has 1 fully saturated rings. The third kappa shape index (κ3) is 24.7. The SMILES string of the molecule is CC(C)=CCC/C(C)=C/CCC1=CCC(C(=O)OCCOCCO)C(C(=O)OCCOCCOC(=O)c2ccccc2C(=O)OCCOCCO)C1.CC(C)=CCC/C(C)=C/CCC1=CCC2C(=O)OC(=O)C2C1. The summed E-state index contributed by atoms with van der Waals surface area (Å²) in [5.74, 6) is -4.98. The molecule has 1 aliphatic heterocycles. The van der Waals surface area contributed by atoms with Gasteiger partial charge in [0.25, 0.3) is 0 Å². The first-order chi connectivity index (χ1) is 35.6. The zero-order valence-corrected chi connectivity index (χ0v) is 44.7. The van der Waals surface area contributed by atoms with E-state index in [1.165, 1.54) is 40.0 Å². The van der Waals surface area contributed by atoms with Gasteiger partial charge in [-0.2, -0.15) is 0 Å². The van der Waals surface area contributed by atoms with E-state index in [0.717, 1.165) is 56.9 Å². The van der Waals surface area contributed by atoms with Crippen molar-refractivity contribution in [2.75, 3.05) is 79.3 Å². The van der Waals surface area contributed by atoms with Gasteiger partial charge in [-0.3, -0.25) is 19.2 Å². The number of aliphatic hydroxyl groups excluding tert-OH is 2.